The number of rotatable bonds is 4. The molecule has 2 fully saturated rings. The van der Waals surface area contributed by atoms with Crippen LogP contribution in [0.4, 0.5) is 5.95 Å². The van der Waals surface area contributed by atoms with Crippen molar-refractivity contribution in [3.8, 4) is 0 Å². The molecule has 120 valence electrons. The molecule has 3 rings (SSSR count). The van der Waals surface area contributed by atoms with E-state index in [4.69, 9.17) is 0 Å². The summed E-state index contributed by atoms with van der Waals surface area (Å²) in [6.07, 6.45) is 7.85. The normalized spacial score (nSPS) is 23.7. The lowest BCUT2D eigenvalue weighted by Crippen LogP contribution is -2.45. The Bertz CT molecular complexity index is 487. The maximum absolute atomic E-state index is 12.2. The minimum absolute atomic E-state index is 0.0813. The topological polar surface area (TPSA) is 61.4 Å². The number of nitrogens with zero attached hydrogens (tertiary/aromatic N) is 4. The van der Waals surface area contributed by atoms with E-state index in [0.29, 0.717) is 5.92 Å². The monoisotopic (exact) mass is 303 g/mol. The average molecular weight is 303 g/mol. The molecule has 0 unspecified atom stereocenters. The molecule has 2 saturated heterocycles. The second-order valence-corrected chi connectivity index (χ2v) is 6.36. The van der Waals surface area contributed by atoms with E-state index in [1.54, 1.807) is 12.4 Å². The van der Waals surface area contributed by atoms with E-state index < -0.39 is 0 Å². The van der Waals surface area contributed by atoms with Crippen molar-refractivity contribution in [2.24, 2.45) is 5.92 Å². The van der Waals surface area contributed by atoms with Crippen LogP contribution in [0.2, 0.25) is 0 Å². The fraction of sp³-hybridized carbons (Fsp3) is 0.688. The SMILES string of the molecule is CN1CCC[C@H]1C(=O)NCC1CCN(c2ncccn2)CC1. The van der Waals surface area contributed by atoms with Crippen LogP contribution in [0.3, 0.4) is 0 Å². The zero-order chi connectivity index (χ0) is 15.4. The predicted octanol–water partition coefficient (Wildman–Crippen LogP) is 0.903. The molecule has 0 aromatic carbocycles. The first-order valence-electron chi connectivity index (χ1n) is 8.24. The maximum Gasteiger partial charge on any atom is 0.237 e. The minimum Gasteiger partial charge on any atom is -0.354 e. The van der Waals surface area contributed by atoms with Gasteiger partial charge in [0.1, 0.15) is 0 Å². The fourth-order valence-electron chi connectivity index (χ4n) is 3.40. The molecule has 0 aliphatic carbocycles. The van der Waals surface area contributed by atoms with Gasteiger partial charge in [0.25, 0.3) is 0 Å². The van der Waals surface area contributed by atoms with Crippen molar-refractivity contribution in [1.82, 2.24) is 20.2 Å². The van der Waals surface area contributed by atoms with Gasteiger partial charge in [0.15, 0.2) is 0 Å². The summed E-state index contributed by atoms with van der Waals surface area (Å²) in [5.74, 6) is 1.59. The van der Waals surface area contributed by atoms with Crippen LogP contribution in [-0.4, -0.2) is 60.0 Å². The van der Waals surface area contributed by atoms with Crippen LogP contribution in [0, 0.1) is 5.92 Å². The molecule has 0 saturated carbocycles. The number of hydrogen-bond acceptors (Lipinski definition) is 5. The highest BCUT2D eigenvalue weighted by molar-refractivity contribution is 5.81. The zero-order valence-electron chi connectivity index (χ0n) is 13.2. The van der Waals surface area contributed by atoms with E-state index >= 15 is 0 Å². The summed E-state index contributed by atoms with van der Waals surface area (Å²) in [4.78, 5) is 25.2. The van der Waals surface area contributed by atoms with Crippen molar-refractivity contribution in [3.05, 3.63) is 18.5 Å². The molecule has 22 heavy (non-hydrogen) atoms. The maximum atomic E-state index is 12.2. The number of likely N-dealkylation sites (N-methyl/N-ethyl adjacent to an activating group) is 1. The van der Waals surface area contributed by atoms with E-state index in [1.807, 2.05) is 13.1 Å². The summed E-state index contributed by atoms with van der Waals surface area (Å²) in [6, 6.07) is 1.92. The average Bonchev–Trinajstić information content (AvgIpc) is 3.00. The Morgan fingerprint density at radius 2 is 1.95 bits per heavy atom. The molecule has 1 amide bonds. The van der Waals surface area contributed by atoms with Crippen LogP contribution in [0.1, 0.15) is 25.7 Å². The van der Waals surface area contributed by atoms with E-state index in [0.717, 1.165) is 57.8 Å². The second kappa shape index (κ2) is 7.05. The van der Waals surface area contributed by atoms with Crippen LogP contribution in [-0.2, 0) is 4.79 Å². The number of carbonyl (C=O) groups excluding carboxylic acids is 1. The number of amides is 1. The van der Waals surface area contributed by atoms with E-state index in [-0.39, 0.29) is 11.9 Å². The zero-order valence-corrected chi connectivity index (χ0v) is 13.2. The van der Waals surface area contributed by atoms with Crippen LogP contribution < -0.4 is 10.2 Å². The minimum atomic E-state index is 0.0813. The molecule has 0 bridgehead atoms. The Hall–Kier alpha value is -1.69. The highest BCUT2D eigenvalue weighted by Gasteiger charge is 2.28. The molecule has 1 atom stereocenters. The quantitative estimate of drug-likeness (QED) is 0.895. The summed E-state index contributed by atoms with van der Waals surface area (Å²) in [5, 5.41) is 3.15. The lowest BCUT2D eigenvalue weighted by atomic mass is 9.97. The van der Waals surface area contributed by atoms with Crippen molar-refractivity contribution in [2.45, 2.75) is 31.7 Å². The Labute approximate surface area is 131 Å². The molecule has 6 nitrogen and oxygen atoms in total. The molecule has 2 aliphatic heterocycles. The highest BCUT2D eigenvalue weighted by Crippen LogP contribution is 2.20. The molecule has 0 radical (unpaired) electrons. The third-order valence-electron chi connectivity index (χ3n) is 4.84. The number of aromatic nitrogens is 2. The highest BCUT2D eigenvalue weighted by atomic mass is 16.2. The van der Waals surface area contributed by atoms with Crippen molar-refractivity contribution in [2.75, 3.05) is 38.1 Å². The van der Waals surface area contributed by atoms with Crippen molar-refractivity contribution in [1.29, 1.82) is 0 Å². The molecule has 2 aliphatic rings. The number of nitrogens with one attached hydrogen (secondary N) is 1. The second-order valence-electron chi connectivity index (χ2n) is 6.36. The van der Waals surface area contributed by atoms with Gasteiger partial charge in [0.05, 0.1) is 6.04 Å². The molecule has 0 spiro atoms. The van der Waals surface area contributed by atoms with Gasteiger partial charge in [0, 0.05) is 32.0 Å². The number of anilines is 1. The van der Waals surface area contributed by atoms with E-state index in [2.05, 4.69) is 25.1 Å². The van der Waals surface area contributed by atoms with Gasteiger partial charge in [0.2, 0.25) is 11.9 Å². The van der Waals surface area contributed by atoms with Gasteiger partial charge in [-0.15, -0.1) is 0 Å². The predicted molar refractivity (Wildman–Crippen MR) is 85.6 cm³/mol. The Balaban J connectivity index is 1.41. The van der Waals surface area contributed by atoms with Gasteiger partial charge in [-0.2, -0.15) is 0 Å². The van der Waals surface area contributed by atoms with Gasteiger partial charge < -0.3 is 10.2 Å². The first kappa shape index (κ1) is 15.2. The van der Waals surface area contributed by atoms with Crippen LogP contribution in [0.15, 0.2) is 18.5 Å². The summed E-state index contributed by atoms with van der Waals surface area (Å²) < 4.78 is 0. The molecule has 1 N–H and O–H groups in total. The number of carbonyl (C=O) groups is 1. The Kier molecular flexibility index (Phi) is 4.87. The first-order chi connectivity index (χ1) is 10.7. The van der Waals surface area contributed by atoms with Crippen molar-refractivity contribution >= 4 is 11.9 Å². The summed E-state index contributed by atoms with van der Waals surface area (Å²) in [5.41, 5.74) is 0. The van der Waals surface area contributed by atoms with Gasteiger partial charge >= 0.3 is 0 Å². The van der Waals surface area contributed by atoms with Gasteiger partial charge in [-0.25, -0.2) is 9.97 Å². The molecule has 6 heteroatoms. The third-order valence-corrected chi connectivity index (χ3v) is 4.84. The number of likely N-dealkylation sites (tertiary alicyclic amines) is 1. The standard InChI is InChI=1S/C16H25N5O/c1-20-9-2-4-14(20)15(22)19-12-13-5-10-21(11-6-13)16-17-7-3-8-18-16/h3,7-8,13-14H,2,4-6,9-12H2,1H3,(H,19,22)/t14-/m0/s1. The lowest BCUT2D eigenvalue weighted by Gasteiger charge is -2.32. The van der Waals surface area contributed by atoms with Crippen LogP contribution >= 0.6 is 0 Å². The fourth-order valence-corrected chi connectivity index (χ4v) is 3.40. The Morgan fingerprint density at radius 1 is 1.23 bits per heavy atom. The first-order valence-corrected chi connectivity index (χ1v) is 8.24. The molecule has 1 aromatic heterocycles. The molecule has 3 heterocycles. The van der Waals surface area contributed by atoms with E-state index in [1.165, 1.54) is 0 Å². The molecular formula is C16H25N5O. The largest absolute Gasteiger partial charge is 0.354 e. The van der Waals surface area contributed by atoms with Crippen molar-refractivity contribution < 1.29 is 4.79 Å². The lowest BCUT2D eigenvalue weighted by molar-refractivity contribution is -0.125. The summed E-state index contributed by atoms with van der Waals surface area (Å²) >= 11 is 0. The van der Waals surface area contributed by atoms with Crippen molar-refractivity contribution in [3.63, 3.8) is 0 Å². The summed E-state index contributed by atoms with van der Waals surface area (Å²) in [6.45, 7) is 3.77. The van der Waals surface area contributed by atoms with Crippen LogP contribution in [0.25, 0.3) is 0 Å². The van der Waals surface area contributed by atoms with Gasteiger partial charge in [-0.1, -0.05) is 0 Å². The summed E-state index contributed by atoms with van der Waals surface area (Å²) in [7, 11) is 2.04. The molecular weight excluding hydrogens is 278 g/mol. The molecule has 1 aromatic rings. The van der Waals surface area contributed by atoms with Gasteiger partial charge in [-0.3, -0.25) is 9.69 Å². The Morgan fingerprint density at radius 3 is 2.59 bits per heavy atom. The number of piperidine rings is 1. The van der Waals surface area contributed by atoms with Crippen LogP contribution in [0.5, 0.6) is 0 Å². The number of hydrogen-bond donors (Lipinski definition) is 1. The third kappa shape index (κ3) is 3.55. The van der Waals surface area contributed by atoms with E-state index in [9.17, 15) is 4.79 Å². The smallest absolute Gasteiger partial charge is 0.237 e. The van der Waals surface area contributed by atoms with Gasteiger partial charge in [-0.05, 0) is 51.3 Å².